The van der Waals surface area contributed by atoms with Gasteiger partial charge in [0.2, 0.25) is 5.13 Å². The van der Waals surface area contributed by atoms with Crippen LogP contribution in [0.25, 0.3) is 11.3 Å². The molecule has 3 rings (SSSR count). The maximum Gasteiger partial charge on any atom is 0.203 e. The van der Waals surface area contributed by atoms with Crippen molar-refractivity contribution in [2.45, 2.75) is 0 Å². The third-order valence-electron chi connectivity index (χ3n) is 2.91. The SMILES string of the molecule is Oc1ccc(/C=N\Nc2nc(-c3ccc(Cl)cc3)cs2)cc1. The lowest BCUT2D eigenvalue weighted by Gasteiger charge is -1.97. The Hall–Kier alpha value is -2.37. The molecule has 0 atom stereocenters. The molecule has 0 aliphatic heterocycles. The van der Waals surface area contributed by atoms with Gasteiger partial charge in [0.15, 0.2) is 0 Å². The number of phenolic OH excluding ortho intramolecular Hbond substituents is 1. The van der Waals surface area contributed by atoms with E-state index in [1.54, 1.807) is 30.5 Å². The predicted molar refractivity (Wildman–Crippen MR) is 91.9 cm³/mol. The number of aromatic hydroxyl groups is 1. The molecule has 3 aromatic rings. The van der Waals surface area contributed by atoms with Crippen LogP contribution < -0.4 is 5.43 Å². The van der Waals surface area contributed by atoms with Crippen LogP contribution in [0.5, 0.6) is 5.75 Å². The first-order chi connectivity index (χ1) is 10.7. The topological polar surface area (TPSA) is 57.5 Å². The lowest BCUT2D eigenvalue weighted by atomic mass is 10.2. The van der Waals surface area contributed by atoms with Crippen LogP contribution >= 0.6 is 22.9 Å². The number of aromatic nitrogens is 1. The largest absolute Gasteiger partial charge is 0.508 e. The summed E-state index contributed by atoms with van der Waals surface area (Å²) in [4.78, 5) is 4.47. The molecule has 0 unspecified atom stereocenters. The average molecular weight is 330 g/mol. The molecule has 0 radical (unpaired) electrons. The highest BCUT2D eigenvalue weighted by Crippen LogP contribution is 2.25. The number of nitrogens with one attached hydrogen (secondary N) is 1. The van der Waals surface area contributed by atoms with Crippen molar-refractivity contribution >= 4 is 34.3 Å². The maximum absolute atomic E-state index is 9.21. The number of hydrazone groups is 1. The molecule has 22 heavy (non-hydrogen) atoms. The third kappa shape index (κ3) is 3.63. The fraction of sp³-hybridized carbons (Fsp3) is 0. The van der Waals surface area contributed by atoms with E-state index in [0.29, 0.717) is 10.2 Å². The molecule has 1 heterocycles. The van der Waals surface area contributed by atoms with Crippen molar-refractivity contribution in [3.63, 3.8) is 0 Å². The zero-order chi connectivity index (χ0) is 15.4. The van der Waals surface area contributed by atoms with E-state index in [1.807, 2.05) is 29.6 Å². The number of rotatable bonds is 4. The Kier molecular flexibility index (Phi) is 4.37. The van der Waals surface area contributed by atoms with Crippen LogP contribution in [0, 0.1) is 0 Å². The van der Waals surface area contributed by atoms with Gasteiger partial charge in [0.1, 0.15) is 5.75 Å². The van der Waals surface area contributed by atoms with E-state index in [2.05, 4.69) is 15.5 Å². The fourth-order valence-electron chi connectivity index (χ4n) is 1.80. The molecule has 0 fully saturated rings. The Morgan fingerprint density at radius 1 is 1.09 bits per heavy atom. The molecular formula is C16H12ClN3OS. The van der Waals surface area contributed by atoms with Gasteiger partial charge in [-0.1, -0.05) is 23.7 Å². The smallest absolute Gasteiger partial charge is 0.203 e. The lowest BCUT2D eigenvalue weighted by Crippen LogP contribution is -1.90. The first-order valence-corrected chi connectivity index (χ1v) is 7.76. The number of halogens is 1. The van der Waals surface area contributed by atoms with Crippen LogP contribution in [-0.2, 0) is 0 Å². The summed E-state index contributed by atoms with van der Waals surface area (Å²) in [6.45, 7) is 0. The van der Waals surface area contributed by atoms with E-state index in [1.165, 1.54) is 11.3 Å². The van der Waals surface area contributed by atoms with Gasteiger partial charge in [-0.05, 0) is 42.0 Å². The van der Waals surface area contributed by atoms with Gasteiger partial charge >= 0.3 is 0 Å². The Morgan fingerprint density at radius 3 is 2.55 bits per heavy atom. The number of hydrogen-bond acceptors (Lipinski definition) is 5. The van der Waals surface area contributed by atoms with Gasteiger partial charge in [-0.15, -0.1) is 11.3 Å². The molecule has 4 nitrogen and oxygen atoms in total. The second-order valence-electron chi connectivity index (χ2n) is 4.51. The average Bonchev–Trinajstić information content (AvgIpc) is 2.99. The lowest BCUT2D eigenvalue weighted by molar-refractivity contribution is 0.475. The molecular weight excluding hydrogens is 318 g/mol. The monoisotopic (exact) mass is 329 g/mol. The molecule has 6 heteroatoms. The highest BCUT2D eigenvalue weighted by atomic mass is 35.5. The van der Waals surface area contributed by atoms with E-state index in [-0.39, 0.29) is 5.75 Å². The molecule has 2 N–H and O–H groups in total. The molecule has 0 aliphatic carbocycles. The van der Waals surface area contributed by atoms with Crippen LogP contribution in [0.2, 0.25) is 5.02 Å². The first-order valence-electron chi connectivity index (χ1n) is 6.50. The standard InChI is InChI=1S/C16H12ClN3OS/c17-13-5-3-12(4-6-13)15-10-22-16(19-15)20-18-9-11-1-7-14(21)8-2-11/h1-10,21H,(H,19,20)/b18-9-. The van der Waals surface area contributed by atoms with Crippen LogP contribution in [-0.4, -0.2) is 16.3 Å². The Bertz CT molecular complexity index is 782. The quantitative estimate of drug-likeness (QED) is 0.542. The Labute approximate surface area is 136 Å². The van der Waals surface area contributed by atoms with Gasteiger partial charge in [-0.25, -0.2) is 4.98 Å². The number of thiazole rings is 1. The fourth-order valence-corrected chi connectivity index (χ4v) is 2.60. The molecule has 0 spiro atoms. The normalized spacial score (nSPS) is 11.0. The van der Waals surface area contributed by atoms with Crippen LogP contribution in [0.3, 0.4) is 0 Å². The zero-order valence-corrected chi connectivity index (χ0v) is 13.0. The summed E-state index contributed by atoms with van der Waals surface area (Å²) >= 11 is 7.35. The van der Waals surface area contributed by atoms with E-state index in [9.17, 15) is 5.11 Å². The summed E-state index contributed by atoms with van der Waals surface area (Å²) in [5, 5.41) is 16.7. The van der Waals surface area contributed by atoms with Gasteiger partial charge in [0.05, 0.1) is 11.9 Å². The van der Waals surface area contributed by atoms with Crippen molar-refractivity contribution < 1.29 is 5.11 Å². The van der Waals surface area contributed by atoms with Crippen LogP contribution in [0.1, 0.15) is 5.56 Å². The maximum atomic E-state index is 9.21. The molecule has 110 valence electrons. The minimum Gasteiger partial charge on any atom is -0.508 e. The van der Waals surface area contributed by atoms with Crippen molar-refractivity contribution in [3.05, 3.63) is 64.5 Å². The summed E-state index contributed by atoms with van der Waals surface area (Å²) in [6, 6.07) is 14.3. The van der Waals surface area contributed by atoms with E-state index < -0.39 is 0 Å². The molecule has 0 amide bonds. The second-order valence-corrected chi connectivity index (χ2v) is 5.80. The molecule has 0 aliphatic rings. The van der Waals surface area contributed by atoms with Crippen molar-refractivity contribution in [1.29, 1.82) is 0 Å². The number of benzene rings is 2. The third-order valence-corrected chi connectivity index (χ3v) is 3.91. The minimum atomic E-state index is 0.234. The summed E-state index contributed by atoms with van der Waals surface area (Å²) in [7, 11) is 0. The highest BCUT2D eigenvalue weighted by molar-refractivity contribution is 7.14. The summed E-state index contributed by atoms with van der Waals surface area (Å²) in [5.41, 5.74) is 5.68. The number of hydrogen-bond donors (Lipinski definition) is 2. The predicted octanol–water partition coefficient (Wildman–Crippen LogP) is 4.62. The van der Waals surface area contributed by atoms with E-state index in [4.69, 9.17) is 11.6 Å². The van der Waals surface area contributed by atoms with Gasteiger partial charge in [-0.2, -0.15) is 5.10 Å². The summed E-state index contributed by atoms with van der Waals surface area (Å²) < 4.78 is 0. The van der Waals surface area contributed by atoms with Gasteiger partial charge in [0, 0.05) is 16.0 Å². The van der Waals surface area contributed by atoms with Crippen LogP contribution in [0.4, 0.5) is 5.13 Å². The van der Waals surface area contributed by atoms with Gasteiger partial charge in [-0.3, -0.25) is 5.43 Å². The molecule has 0 saturated heterocycles. The molecule has 0 bridgehead atoms. The first kappa shape index (κ1) is 14.6. The Morgan fingerprint density at radius 2 is 1.82 bits per heavy atom. The van der Waals surface area contributed by atoms with Gasteiger partial charge in [0.25, 0.3) is 0 Å². The zero-order valence-electron chi connectivity index (χ0n) is 11.4. The summed E-state index contributed by atoms with van der Waals surface area (Å²) in [6.07, 6.45) is 1.67. The highest BCUT2D eigenvalue weighted by Gasteiger charge is 2.03. The number of nitrogens with zero attached hydrogens (tertiary/aromatic N) is 2. The van der Waals surface area contributed by atoms with Gasteiger partial charge < -0.3 is 5.11 Å². The van der Waals surface area contributed by atoms with Crippen molar-refractivity contribution in [1.82, 2.24) is 4.98 Å². The van der Waals surface area contributed by atoms with Crippen molar-refractivity contribution in [2.75, 3.05) is 5.43 Å². The summed E-state index contributed by atoms with van der Waals surface area (Å²) in [5.74, 6) is 0.234. The van der Waals surface area contributed by atoms with Crippen molar-refractivity contribution in [3.8, 4) is 17.0 Å². The number of phenols is 1. The molecule has 2 aromatic carbocycles. The molecule has 0 saturated carbocycles. The second kappa shape index (κ2) is 6.60. The van der Waals surface area contributed by atoms with E-state index >= 15 is 0 Å². The van der Waals surface area contributed by atoms with Crippen molar-refractivity contribution in [2.24, 2.45) is 5.10 Å². The number of anilines is 1. The van der Waals surface area contributed by atoms with Crippen LogP contribution in [0.15, 0.2) is 59.0 Å². The molecule has 1 aromatic heterocycles. The van der Waals surface area contributed by atoms with E-state index in [0.717, 1.165) is 16.8 Å². The Balaban J connectivity index is 1.66. The minimum absolute atomic E-state index is 0.234.